The standard InChI is InChI=1S/C14H21NO3/c1-3-15-14(13-10-17-7-8-18-13)11-5-4-6-12(9-11)16-2/h4-6,9,13-15H,3,7-8,10H2,1-2H3. The normalized spacial score (nSPS) is 21.6. The number of benzene rings is 1. The second-order valence-electron chi connectivity index (χ2n) is 4.30. The Balaban J connectivity index is 2.16. The van der Waals surface area contributed by atoms with Crippen LogP contribution in [0.1, 0.15) is 18.5 Å². The maximum Gasteiger partial charge on any atom is 0.119 e. The zero-order valence-electron chi connectivity index (χ0n) is 11.0. The predicted molar refractivity (Wildman–Crippen MR) is 70.0 cm³/mol. The van der Waals surface area contributed by atoms with E-state index < -0.39 is 0 Å². The van der Waals surface area contributed by atoms with Crippen LogP contribution in [0.3, 0.4) is 0 Å². The molecule has 100 valence electrons. The van der Waals surface area contributed by atoms with E-state index in [2.05, 4.69) is 18.3 Å². The number of hydrogen-bond acceptors (Lipinski definition) is 4. The highest BCUT2D eigenvalue weighted by atomic mass is 16.6. The zero-order valence-corrected chi connectivity index (χ0v) is 11.0. The fourth-order valence-corrected chi connectivity index (χ4v) is 2.22. The van der Waals surface area contributed by atoms with E-state index in [1.165, 1.54) is 5.56 Å². The smallest absolute Gasteiger partial charge is 0.119 e. The molecule has 2 atom stereocenters. The molecule has 0 aromatic heterocycles. The van der Waals surface area contributed by atoms with Gasteiger partial charge in [-0.1, -0.05) is 19.1 Å². The Kier molecular flexibility index (Phi) is 4.99. The Morgan fingerprint density at radius 1 is 1.44 bits per heavy atom. The van der Waals surface area contributed by atoms with Crippen molar-refractivity contribution in [3.05, 3.63) is 29.8 Å². The van der Waals surface area contributed by atoms with Gasteiger partial charge in [-0.15, -0.1) is 0 Å². The van der Waals surface area contributed by atoms with Crippen molar-refractivity contribution in [3.8, 4) is 5.75 Å². The van der Waals surface area contributed by atoms with E-state index in [4.69, 9.17) is 14.2 Å². The van der Waals surface area contributed by atoms with Crippen LogP contribution >= 0.6 is 0 Å². The first-order valence-electron chi connectivity index (χ1n) is 6.42. The van der Waals surface area contributed by atoms with E-state index in [-0.39, 0.29) is 12.1 Å². The second-order valence-corrected chi connectivity index (χ2v) is 4.30. The van der Waals surface area contributed by atoms with Crippen LogP contribution in [0.2, 0.25) is 0 Å². The van der Waals surface area contributed by atoms with Gasteiger partial charge >= 0.3 is 0 Å². The summed E-state index contributed by atoms with van der Waals surface area (Å²) in [7, 11) is 1.68. The van der Waals surface area contributed by atoms with Crippen molar-refractivity contribution in [3.63, 3.8) is 0 Å². The van der Waals surface area contributed by atoms with Gasteiger partial charge in [0.2, 0.25) is 0 Å². The largest absolute Gasteiger partial charge is 0.497 e. The van der Waals surface area contributed by atoms with E-state index in [0.29, 0.717) is 19.8 Å². The third-order valence-corrected chi connectivity index (χ3v) is 3.09. The van der Waals surface area contributed by atoms with Gasteiger partial charge in [0.1, 0.15) is 11.9 Å². The highest BCUT2D eigenvalue weighted by Gasteiger charge is 2.26. The Bertz CT molecular complexity index is 364. The van der Waals surface area contributed by atoms with Crippen LogP contribution in [0.5, 0.6) is 5.75 Å². The van der Waals surface area contributed by atoms with Crippen LogP contribution in [0.15, 0.2) is 24.3 Å². The van der Waals surface area contributed by atoms with Crippen molar-refractivity contribution in [2.45, 2.75) is 19.1 Å². The summed E-state index contributed by atoms with van der Waals surface area (Å²) in [4.78, 5) is 0. The molecular formula is C14H21NO3. The Hall–Kier alpha value is -1.10. The fraction of sp³-hybridized carbons (Fsp3) is 0.571. The first-order chi connectivity index (χ1) is 8.85. The van der Waals surface area contributed by atoms with Gasteiger partial charge < -0.3 is 19.5 Å². The third kappa shape index (κ3) is 3.22. The molecule has 0 bridgehead atoms. The number of ether oxygens (including phenoxy) is 3. The summed E-state index contributed by atoms with van der Waals surface area (Å²) >= 11 is 0. The second kappa shape index (κ2) is 6.73. The van der Waals surface area contributed by atoms with E-state index in [1.54, 1.807) is 7.11 Å². The number of nitrogens with one attached hydrogen (secondary N) is 1. The average Bonchev–Trinajstić information content (AvgIpc) is 2.46. The molecule has 1 aliphatic rings. The van der Waals surface area contributed by atoms with Crippen molar-refractivity contribution in [1.82, 2.24) is 5.32 Å². The van der Waals surface area contributed by atoms with E-state index in [9.17, 15) is 0 Å². The van der Waals surface area contributed by atoms with Crippen LogP contribution in [-0.4, -0.2) is 39.6 Å². The molecule has 0 saturated carbocycles. The average molecular weight is 251 g/mol. The number of likely N-dealkylation sites (N-methyl/N-ethyl adjacent to an activating group) is 1. The molecule has 1 fully saturated rings. The van der Waals surface area contributed by atoms with Gasteiger partial charge in [-0.3, -0.25) is 0 Å². The summed E-state index contributed by atoms with van der Waals surface area (Å²) < 4.78 is 16.6. The lowest BCUT2D eigenvalue weighted by atomic mass is 10.0. The summed E-state index contributed by atoms with van der Waals surface area (Å²) in [5.74, 6) is 0.868. The summed E-state index contributed by atoms with van der Waals surface area (Å²) in [5.41, 5.74) is 1.17. The lowest BCUT2D eigenvalue weighted by Crippen LogP contribution is -2.40. The van der Waals surface area contributed by atoms with E-state index in [0.717, 1.165) is 12.3 Å². The lowest BCUT2D eigenvalue weighted by molar-refractivity contribution is -0.102. The molecule has 1 saturated heterocycles. The molecule has 1 N–H and O–H groups in total. The number of methoxy groups -OCH3 is 1. The minimum Gasteiger partial charge on any atom is -0.497 e. The number of hydrogen-bond donors (Lipinski definition) is 1. The first kappa shape index (κ1) is 13.3. The topological polar surface area (TPSA) is 39.7 Å². The van der Waals surface area contributed by atoms with E-state index >= 15 is 0 Å². The molecule has 1 aliphatic heterocycles. The SMILES string of the molecule is CCNC(c1cccc(OC)c1)C1COCCO1. The van der Waals surface area contributed by atoms with Gasteiger partial charge in [0, 0.05) is 0 Å². The molecule has 0 amide bonds. The minimum absolute atomic E-state index is 0.0609. The van der Waals surface area contributed by atoms with Gasteiger partial charge in [0.05, 0.1) is 33.0 Å². The van der Waals surface area contributed by atoms with Crippen molar-refractivity contribution in [2.24, 2.45) is 0 Å². The molecular weight excluding hydrogens is 230 g/mol. The van der Waals surface area contributed by atoms with Gasteiger partial charge in [-0.05, 0) is 24.2 Å². The van der Waals surface area contributed by atoms with Crippen molar-refractivity contribution >= 4 is 0 Å². The molecule has 18 heavy (non-hydrogen) atoms. The van der Waals surface area contributed by atoms with Crippen LogP contribution in [0.4, 0.5) is 0 Å². The molecule has 1 aromatic rings. The highest BCUT2D eigenvalue weighted by Crippen LogP contribution is 2.24. The summed E-state index contributed by atoms with van der Waals surface area (Å²) in [5, 5.41) is 3.46. The van der Waals surface area contributed by atoms with Gasteiger partial charge in [0.15, 0.2) is 0 Å². The molecule has 0 radical (unpaired) electrons. The quantitative estimate of drug-likeness (QED) is 0.865. The maximum absolute atomic E-state index is 5.79. The van der Waals surface area contributed by atoms with Crippen LogP contribution in [0.25, 0.3) is 0 Å². The maximum atomic E-state index is 5.79. The van der Waals surface area contributed by atoms with Gasteiger partial charge in [0.25, 0.3) is 0 Å². The molecule has 4 heteroatoms. The van der Waals surface area contributed by atoms with Gasteiger partial charge in [-0.25, -0.2) is 0 Å². The molecule has 0 spiro atoms. The van der Waals surface area contributed by atoms with Crippen LogP contribution in [-0.2, 0) is 9.47 Å². The Morgan fingerprint density at radius 2 is 2.33 bits per heavy atom. The Labute approximate surface area is 108 Å². The molecule has 2 rings (SSSR count). The summed E-state index contributed by atoms with van der Waals surface area (Å²) in [6.45, 7) is 4.97. The highest BCUT2D eigenvalue weighted by molar-refractivity contribution is 5.31. The summed E-state index contributed by atoms with van der Waals surface area (Å²) in [6, 6.07) is 8.23. The lowest BCUT2D eigenvalue weighted by Gasteiger charge is -2.31. The summed E-state index contributed by atoms with van der Waals surface area (Å²) in [6.07, 6.45) is 0.0609. The zero-order chi connectivity index (χ0) is 12.8. The number of rotatable bonds is 5. The predicted octanol–water partition coefficient (Wildman–Crippen LogP) is 1.76. The molecule has 4 nitrogen and oxygen atoms in total. The molecule has 1 aromatic carbocycles. The van der Waals surface area contributed by atoms with Crippen molar-refractivity contribution in [1.29, 1.82) is 0 Å². The van der Waals surface area contributed by atoms with Crippen LogP contribution < -0.4 is 10.1 Å². The Morgan fingerprint density at radius 3 is 3.00 bits per heavy atom. The monoisotopic (exact) mass is 251 g/mol. The van der Waals surface area contributed by atoms with Gasteiger partial charge in [-0.2, -0.15) is 0 Å². The fourth-order valence-electron chi connectivity index (χ4n) is 2.22. The molecule has 2 unspecified atom stereocenters. The third-order valence-electron chi connectivity index (χ3n) is 3.09. The van der Waals surface area contributed by atoms with E-state index in [1.807, 2.05) is 18.2 Å². The molecule has 1 heterocycles. The minimum atomic E-state index is 0.0609. The van der Waals surface area contributed by atoms with Crippen molar-refractivity contribution < 1.29 is 14.2 Å². The molecule has 0 aliphatic carbocycles. The van der Waals surface area contributed by atoms with Crippen molar-refractivity contribution in [2.75, 3.05) is 33.5 Å². The first-order valence-corrected chi connectivity index (χ1v) is 6.42. The van der Waals surface area contributed by atoms with Crippen LogP contribution in [0, 0.1) is 0 Å².